The van der Waals surface area contributed by atoms with Crippen LogP contribution in [0.1, 0.15) is 74.1 Å². The number of aryl methyl sites for hydroxylation is 3. The lowest BCUT2D eigenvalue weighted by molar-refractivity contribution is 0.480. The molecule has 3 atom stereocenters. The highest BCUT2D eigenvalue weighted by atomic mass is 35.5. The summed E-state index contributed by atoms with van der Waals surface area (Å²) < 4.78 is 0. The largest absolute Gasteiger partial charge is 0.117 e. The first-order valence-corrected chi connectivity index (χ1v) is 9.43. The van der Waals surface area contributed by atoms with Crippen LogP contribution in [0.15, 0.2) is 12.1 Å². The molecule has 0 bridgehead atoms. The Balaban J connectivity index is 1.93. The van der Waals surface area contributed by atoms with Crippen LogP contribution in [0.3, 0.4) is 0 Å². The minimum absolute atomic E-state index is 0.258. The lowest BCUT2D eigenvalue weighted by Gasteiger charge is -2.20. The van der Waals surface area contributed by atoms with Gasteiger partial charge in [-0.2, -0.15) is 0 Å². The Kier molecular flexibility index (Phi) is 4.64. The van der Waals surface area contributed by atoms with Crippen molar-refractivity contribution < 1.29 is 0 Å². The molecule has 0 aliphatic heterocycles. The summed E-state index contributed by atoms with van der Waals surface area (Å²) in [7, 11) is 0. The molecular weight excluding hydrogens is 276 g/mol. The summed E-state index contributed by atoms with van der Waals surface area (Å²) in [5.41, 5.74) is 5.99. The number of fused-ring (bicyclic) bond motifs is 1. The highest BCUT2D eigenvalue weighted by Gasteiger charge is 2.54. The molecule has 0 heterocycles. The van der Waals surface area contributed by atoms with Gasteiger partial charge in [-0.05, 0) is 72.1 Å². The third-order valence-corrected chi connectivity index (χ3v) is 6.43. The van der Waals surface area contributed by atoms with Crippen molar-refractivity contribution in [3.63, 3.8) is 0 Å². The Morgan fingerprint density at radius 3 is 1.90 bits per heavy atom. The van der Waals surface area contributed by atoms with Crippen LogP contribution < -0.4 is 0 Å². The van der Waals surface area contributed by atoms with E-state index in [2.05, 4.69) is 32.9 Å². The molecule has 0 radical (unpaired) electrons. The highest BCUT2D eigenvalue weighted by molar-refractivity contribution is 6.21. The molecule has 1 heteroatoms. The standard InChI is InChI=1S/C20H29Cl/c1-4-13-11-14(5-2)18(15(6-3)12-13)20(21)19-16-9-7-8-10-17(16)19/h11-12,16-17,19-20H,4-10H2,1-3H3. The van der Waals surface area contributed by atoms with Gasteiger partial charge in [0.05, 0.1) is 5.38 Å². The molecule has 3 unspecified atom stereocenters. The van der Waals surface area contributed by atoms with Crippen molar-refractivity contribution in [1.82, 2.24) is 0 Å². The first kappa shape index (κ1) is 15.4. The molecule has 2 saturated carbocycles. The summed E-state index contributed by atoms with van der Waals surface area (Å²) in [4.78, 5) is 0. The van der Waals surface area contributed by atoms with Gasteiger partial charge in [-0.1, -0.05) is 45.7 Å². The molecule has 0 spiro atoms. The zero-order valence-electron chi connectivity index (χ0n) is 13.8. The van der Waals surface area contributed by atoms with Gasteiger partial charge >= 0.3 is 0 Å². The van der Waals surface area contributed by atoms with Crippen LogP contribution in [-0.4, -0.2) is 0 Å². The molecule has 0 amide bonds. The first-order chi connectivity index (χ1) is 10.2. The summed E-state index contributed by atoms with van der Waals surface area (Å²) in [6.45, 7) is 6.81. The van der Waals surface area contributed by atoms with Gasteiger partial charge in [0.1, 0.15) is 0 Å². The maximum atomic E-state index is 7.04. The average molecular weight is 305 g/mol. The second kappa shape index (κ2) is 6.32. The molecule has 1 aromatic carbocycles. The molecule has 1 aromatic rings. The molecule has 0 aromatic heterocycles. The summed E-state index contributed by atoms with van der Waals surface area (Å²) in [6, 6.07) is 4.83. The monoisotopic (exact) mass is 304 g/mol. The van der Waals surface area contributed by atoms with E-state index in [1.54, 1.807) is 0 Å². The minimum atomic E-state index is 0.258. The van der Waals surface area contributed by atoms with Crippen molar-refractivity contribution in [3.8, 4) is 0 Å². The van der Waals surface area contributed by atoms with Gasteiger partial charge in [-0.15, -0.1) is 11.6 Å². The van der Waals surface area contributed by atoms with Crippen LogP contribution in [0.4, 0.5) is 0 Å². The molecule has 21 heavy (non-hydrogen) atoms. The maximum absolute atomic E-state index is 7.04. The van der Waals surface area contributed by atoms with Crippen LogP contribution in [0.2, 0.25) is 0 Å². The lowest BCUT2D eigenvalue weighted by atomic mass is 9.89. The van der Waals surface area contributed by atoms with Crippen LogP contribution in [0, 0.1) is 17.8 Å². The minimum Gasteiger partial charge on any atom is -0.117 e. The van der Waals surface area contributed by atoms with Crippen molar-refractivity contribution in [2.75, 3.05) is 0 Å². The fourth-order valence-corrected chi connectivity index (χ4v) is 5.32. The molecular formula is C20H29Cl. The number of halogens is 1. The van der Waals surface area contributed by atoms with Crippen LogP contribution in [0.25, 0.3) is 0 Å². The molecule has 0 nitrogen and oxygen atoms in total. The Morgan fingerprint density at radius 2 is 1.48 bits per heavy atom. The lowest BCUT2D eigenvalue weighted by Crippen LogP contribution is -2.06. The SMILES string of the molecule is CCc1cc(CC)c(C(Cl)C2C3CCCCC32)c(CC)c1. The fourth-order valence-electron chi connectivity index (χ4n) is 4.67. The van der Waals surface area contributed by atoms with Gasteiger partial charge < -0.3 is 0 Å². The Labute approximate surface area is 135 Å². The number of benzene rings is 1. The smallest absolute Gasteiger partial charge is 0.0624 e. The van der Waals surface area contributed by atoms with Gasteiger partial charge in [0.2, 0.25) is 0 Å². The quantitative estimate of drug-likeness (QED) is 0.577. The summed E-state index contributed by atoms with van der Waals surface area (Å²) in [6.07, 6.45) is 9.06. The van der Waals surface area contributed by atoms with E-state index in [4.69, 9.17) is 11.6 Å². The molecule has 0 saturated heterocycles. The fraction of sp³-hybridized carbons (Fsp3) is 0.700. The van der Waals surface area contributed by atoms with E-state index in [0.29, 0.717) is 0 Å². The molecule has 3 rings (SSSR count). The maximum Gasteiger partial charge on any atom is 0.0624 e. The first-order valence-electron chi connectivity index (χ1n) is 8.99. The molecule has 2 aliphatic carbocycles. The topological polar surface area (TPSA) is 0 Å². The van der Waals surface area contributed by atoms with E-state index in [1.165, 1.54) is 47.9 Å². The number of rotatable bonds is 5. The van der Waals surface area contributed by atoms with E-state index >= 15 is 0 Å². The second-order valence-corrected chi connectivity index (χ2v) is 7.45. The van der Waals surface area contributed by atoms with E-state index in [-0.39, 0.29) is 5.38 Å². The second-order valence-electron chi connectivity index (χ2n) is 6.98. The number of hydrogen-bond acceptors (Lipinski definition) is 0. The molecule has 0 N–H and O–H groups in total. The van der Waals surface area contributed by atoms with Crippen LogP contribution >= 0.6 is 11.6 Å². The number of hydrogen-bond donors (Lipinski definition) is 0. The summed E-state index contributed by atoms with van der Waals surface area (Å²) in [5.74, 6) is 2.63. The normalized spacial score (nSPS) is 29.0. The predicted molar refractivity (Wildman–Crippen MR) is 92.1 cm³/mol. The molecule has 116 valence electrons. The predicted octanol–water partition coefficient (Wildman–Crippen LogP) is 6.09. The van der Waals surface area contributed by atoms with E-state index < -0.39 is 0 Å². The zero-order valence-corrected chi connectivity index (χ0v) is 14.5. The van der Waals surface area contributed by atoms with Gasteiger partial charge in [-0.25, -0.2) is 0 Å². The van der Waals surface area contributed by atoms with Crippen molar-refractivity contribution >= 4 is 11.6 Å². The zero-order chi connectivity index (χ0) is 15.0. The van der Waals surface area contributed by atoms with Gasteiger partial charge in [-0.3, -0.25) is 0 Å². The van der Waals surface area contributed by atoms with Gasteiger partial charge in [0.15, 0.2) is 0 Å². The molecule has 2 fully saturated rings. The average Bonchev–Trinajstić information content (AvgIpc) is 3.27. The number of alkyl halides is 1. The van der Waals surface area contributed by atoms with Gasteiger partial charge in [0, 0.05) is 0 Å². The summed E-state index contributed by atoms with van der Waals surface area (Å²) in [5, 5.41) is 0.258. The van der Waals surface area contributed by atoms with Gasteiger partial charge in [0.25, 0.3) is 0 Å². The van der Waals surface area contributed by atoms with Crippen LogP contribution in [0.5, 0.6) is 0 Å². The molecule has 2 aliphatic rings. The van der Waals surface area contributed by atoms with Crippen molar-refractivity contribution in [2.24, 2.45) is 17.8 Å². The third kappa shape index (κ3) is 2.77. The highest BCUT2D eigenvalue weighted by Crippen LogP contribution is 2.62. The Bertz CT molecular complexity index is 468. The Morgan fingerprint density at radius 1 is 0.952 bits per heavy atom. The van der Waals surface area contributed by atoms with Crippen molar-refractivity contribution in [3.05, 3.63) is 34.4 Å². The Hall–Kier alpha value is -0.490. The van der Waals surface area contributed by atoms with E-state index in [0.717, 1.165) is 37.0 Å². The van der Waals surface area contributed by atoms with Crippen molar-refractivity contribution in [1.29, 1.82) is 0 Å². The third-order valence-electron chi connectivity index (χ3n) is 5.92. The van der Waals surface area contributed by atoms with E-state index in [9.17, 15) is 0 Å². The van der Waals surface area contributed by atoms with E-state index in [1.807, 2.05) is 0 Å². The van der Waals surface area contributed by atoms with Crippen molar-refractivity contribution in [2.45, 2.75) is 71.1 Å². The van der Waals surface area contributed by atoms with Crippen LogP contribution in [-0.2, 0) is 19.3 Å². The summed E-state index contributed by atoms with van der Waals surface area (Å²) >= 11 is 7.04.